The first-order valence-corrected chi connectivity index (χ1v) is 25.8. The number of alkyl halides is 6. The number of hydrogen-bond acceptors (Lipinski definition) is 4. The van der Waals surface area contributed by atoms with Gasteiger partial charge in [0.1, 0.15) is 11.2 Å². The van der Waals surface area contributed by atoms with Crippen LogP contribution in [0, 0.1) is 13.8 Å². The quantitative estimate of drug-likeness (QED) is 0.155. The third-order valence-corrected chi connectivity index (χ3v) is 16.4. The normalized spacial score (nSPS) is 14.2. The fourth-order valence-electron chi connectivity index (χ4n) is 13.0. The zero-order chi connectivity index (χ0) is 53.6. The van der Waals surface area contributed by atoms with Crippen LogP contribution in [0.15, 0.2) is 215 Å². The number of halogens is 6. The lowest BCUT2D eigenvalue weighted by Gasteiger charge is -2.46. The second kappa shape index (κ2) is 16.7. The Morgan fingerprint density at radius 1 is 0.346 bits per heavy atom. The summed E-state index contributed by atoms with van der Waals surface area (Å²) in [5.74, 6) is 0. The van der Waals surface area contributed by atoms with Gasteiger partial charge >= 0.3 is 12.4 Å². The minimum Gasteiger partial charge on any atom is -0.454 e. The van der Waals surface area contributed by atoms with Gasteiger partial charge in [-0.05, 0) is 130 Å². The molecule has 0 unspecified atom stereocenters. The maximum absolute atomic E-state index is 15.5. The molecule has 2 aliphatic carbocycles. The topological polar surface area (TPSA) is 32.8 Å². The highest BCUT2D eigenvalue weighted by Crippen LogP contribution is 2.64. The van der Waals surface area contributed by atoms with Crippen LogP contribution in [0.5, 0.6) is 0 Å². The summed E-state index contributed by atoms with van der Waals surface area (Å²) in [4.78, 5) is 3.25. The fraction of sp³-hybridized carbons (Fsp3) is 0.118. The van der Waals surface area contributed by atoms with Crippen LogP contribution in [0.25, 0.3) is 55.0 Å². The third kappa shape index (κ3) is 6.68. The lowest BCUT2D eigenvalue weighted by Crippen LogP contribution is -2.40. The van der Waals surface area contributed by atoms with Crippen LogP contribution >= 0.6 is 0 Å². The van der Waals surface area contributed by atoms with Crippen molar-refractivity contribution in [3.63, 3.8) is 0 Å². The number of aryl methyl sites for hydroxylation is 2. The molecule has 0 bridgehead atoms. The molecule has 2 aromatic heterocycles. The molecule has 2 heterocycles. The van der Waals surface area contributed by atoms with Gasteiger partial charge in [-0.2, -0.15) is 26.3 Å². The van der Waals surface area contributed by atoms with Crippen LogP contribution in [0.4, 0.5) is 60.5 Å². The molecule has 0 aliphatic heterocycles. The standard InChI is InChI=1S/C68H46F6N2O2/c1-39-17-13-19-43-45-21-15-31-59(63(45)77-61(39)43)75(57-29-11-9-27-55(57)67(69,70)71)41-33-35-49-47(37-41)48-38-42(34-36-50(48)66(49)53-25-7-5-23-51(53)65(3,4)52-24-6-8-26-54(52)66)76(58-30-12-10-28-56(58)68(72,73)74)60-32-16-22-46-44-20-14-18-40(2)62(44)78-64(46)60/h5-38H,1-4H3. The van der Waals surface area contributed by atoms with Crippen molar-refractivity contribution in [2.75, 3.05) is 9.80 Å². The SMILES string of the molecule is Cc1cccc2c1oc1c(N(c3ccc4c(c3)-c3cc(N(c5ccccc5C(F)(F)F)c5cccc6c5oc5c(C)cccc56)ccc3C43c4ccccc4C(C)(C)c4ccccc43)c3ccccc3C(F)(F)F)cccc12. The Labute approximate surface area is 445 Å². The van der Waals surface area contributed by atoms with Gasteiger partial charge in [0.15, 0.2) is 11.2 Å². The summed E-state index contributed by atoms with van der Waals surface area (Å²) in [6, 6.07) is 62.2. The van der Waals surface area contributed by atoms with Gasteiger partial charge in [-0.3, -0.25) is 0 Å². The van der Waals surface area contributed by atoms with E-state index in [2.05, 4.69) is 38.1 Å². The van der Waals surface area contributed by atoms with E-state index in [4.69, 9.17) is 8.83 Å². The summed E-state index contributed by atoms with van der Waals surface area (Å²) >= 11 is 0. The van der Waals surface area contributed by atoms with E-state index in [1.54, 1.807) is 34.1 Å². The van der Waals surface area contributed by atoms with Crippen LogP contribution in [-0.2, 0) is 23.2 Å². The Hall–Kier alpha value is -9.02. The molecule has 1 spiro atoms. The van der Waals surface area contributed by atoms with Crippen molar-refractivity contribution in [1.29, 1.82) is 0 Å². The van der Waals surface area contributed by atoms with Crippen molar-refractivity contribution in [3.05, 3.63) is 262 Å². The summed E-state index contributed by atoms with van der Waals surface area (Å²) in [6.45, 7) is 8.30. The van der Waals surface area contributed by atoms with E-state index in [-0.39, 0.29) is 11.4 Å². The van der Waals surface area contributed by atoms with Gasteiger partial charge in [-0.25, -0.2) is 0 Å². The average Bonchev–Trinajstić information content (AvgIpc) is 3.06. The van der Waals surface area contributed by atoms with E-state index in [9.17, 15) is 0 Å². The molecule has 0 saturated heterocycles. The highest BCUT2D eigenvalue weighted by molar-refractivity contribution is 6.13. The largest absolute Gasteiger partial charge is 0.454 e. The fourth-order valence-corrected chi connectivity index (χ4v) is 13.0. The molecule has 78 heavy (non-hydrogen) atoms. The van der Waals surface area contributed by atoms with Crippen LogP contribution < -0.4 is 9.80 Å². The molecule has 382 valence electrons. The summed E-state index contributed by atoms with van der Waals surface area (Å²) < 4.78 is 107. The van der Waals surface area contributed by atoms with Gasteiger partial charge < -0.3 is 18.6 Å². The minimum absolute atomic E-state index is 0.115. The zero-order valence-corrected chi connectivity index (χ0v) is 42.6. The van der Waals surface area contributed by atoms with E-state index < -0.39 is 34.3 Å². The van der Waals surface area contributed by atoms with Crippen LogP contribution in [-0.4, -0.2) is 0 Å². The number of nitrogens with zero attached hydrogens (tertiary/aromatic N) is 2. The lowest BCUT2D eigenvalue weighted by molar-refractivity contribution is -0.137. The molecule has 0 N–H and O–H groups in total. The third-order valence-electron chi connectivity index (χ3n) is 16.4. The van der Waals surface area contributed by atoms with Crippen LogP contribution in [0.2, 0.25) is 0 Å². The molecule has 2 aliphatic rings. The molecule has 0 radical (unpaired) electrons. The number of para-hydroxylation sites is 6. The first-order chi connectivity index (χ1) is 37.6. The van der Waals surface area contributed by atoms with Crippen molar-refractivity contribution in [3.8, 4) is 11.1 Å². The number of hydrogen-bond donors (Lipinski definition) is 0. The number of furan rings is 2. The molecule has 0 saturated carbocycles. The van der Waals surface area contributed by atoms with Gasteiger partial charge in [0.05, 0.1) is 39.3 Å². The molecular formula is C68H46F6N2O2. The van der Waals surface area contributed by atoms with E-state index >= 15 is 26.3 Å². The van der Waals surface area contributed by atoms with E-state index in [0.29, 0.717) is 56.2 Å². The maximum atomic E-state index is 15.5. The molecule has 0 amide bonds. The second-order valence-electron chi connectivity index (χ2n) is 21.0. The van der Waals surface area contributed by atoms with E-state index in [1.165, 1.54) is 24.3 Å². The minimum atomic E-state index is -4.75. The first kappa shape index (κ1) is 47.4. The zero-order valence-electron chi connectivity index (χ0n) is 42.6. The van der Waals surface area contributed by atoms with Crippen molar-refractivity contribution in [1.82, 2.24) is 0 Å². The van der Waals surface area contributed by atoms with Gasteiger partial charge in [-0.15, -0.1) is 0 Å². The van der Waals surface area contributed by atoms with Gasteiger partial charge in [0.2, 0.25) is 0 Å². The predicted octanol–water partition coefficient (Wildman–Crippen LogP) is 20.1. The Morgan fingerprint density at radius 2 is 0.692 bits per heavy atom. The van der Waals surface area contributed by atoms with E-state index in [1.807, 2.05) is 135 Å². The van der Waals surface area contributed by atoms with Gasteiger partial charge in [0.25, 0.3) is 0 Å². The Balaban J connectivity index is 1.10. The number of fused-ring (bicyclic) bond motifs is 15. The van der Waals surface area contributed by atoms with Crippen molar-refractivity contribution in [2.45, 2.75) is 50.9 Å². The molecule has 12 aromatic rings. The summed E-state index contributed by atoms with van der Waals surface area (Å²) in [5, 5.41) is 3.14. The van der Waals surface area contributed by atoms with Crippen molar-refractivity contribution in [2.24, 2.45) is 0 Å². The molecule has 0 atom stereocenters. The first-order valence-electron chi connectivity index (χ1n) is 25.8. The Kier molecular flexibility index (Phi) is 10.2. The van der Waals surface area contributed by atoms with Crippen LogP contribution in [0.3, 0.4) is 0 Å². The monoisotopic (exact) mass is 1040 g/mol. The number of anilines is 6. The number of rotatable bonds is 6. The summed E-state index contributed by atoms with van der Waals surface area (Å²) in [7, 11) is 0. The summed E-state index contributed by atoms with van der Waals surface area (Å²) in [6.07, 6.45) is -9.51. The Morgan fingerprint density at radius 3 is 1.10 bits per heavy atom. The van der Waals surface area contributed by atoms with Gasteiger partial charge in [0, 0.05) is 38.3 Å². The lowest BCUT2D eigenvalue weighted by atomic mass is 9.55. The summed E-state index contributed by atoms with van der Waals surface area (Å²) in [5.41, 5.74) is 9.41. The highest BCUT2D eigenvalue weighted by Gasteiger charge is 2.54. The molecular weight excluding hydrogens is 991 g/mol. The maximum Gasteiger partial charge on any atom is 0.418 e. The molecule has 4 nitrogen and oxygen atoms in total. The van der Waals surface area contributed by atoms with Crippen molar-refractivity contribution < 1.29 is 35.2 Å². The average molecular weight is 1040 g/mol. The highest BCUT2D eigenvalue weighted by atomic mass is 19.4. The predicted molar refractivity (Wildman–Crippen MR) is 299 cm³/mol. The molecule has 14 rings (SSSR count). The second-order valence-corrected chi connectivity index (χ2v) is 21.0. The van der Waals surface area contributed by atoms with Gasteiger partial charge in [-0.1, -0.05) is 159 Å². The Bertz CT molecular complexity index is 4180. The van der Waals surface area contributed by atoms with E-state index in [0.717, 1.165) is 78.2 Å². The smallest absolute Gasteiger partial charge is 0.418 e. The molecule has 10 heteroatoms. The molecule has 10 aromatic carbocycles. The van der Waals surface area contributed by atoms with Crippen molar-refractivity contribution >= 4 is 78.0 Å². The van der Waals surface area contributed by atoms with Crippen LogP contribution in [0.1, 0.15) is 69.5 Å². The molecule has 0 fully saturated rings. The number of benzene rings is 10.